The predicted molar refractivity (Wildman–Crippen MR) is 90.0 cm³/mol. The van der Waals surface area contributed by atoms with Gasteiger partial charge in [0.25, 0.3) is 0 Å². The maximum Gasteiger partial charge on any atom is 0.242 e. The molecule has 0 unspecified atom stereocenters. The second-order valence-corrected chi connectivity index (χ2v) is 7.88. The third kappa shape index (κ3) is 3.44. The molecule has 0 atom stereocenters. The highest BCUT2D eigenvalue weighted by Gasteiger charge is 2.29. The maximum absolute atomic E-state index is 12.5. The van der Waals surface area contributed by atoms with Crippen LogP contribution < -0.4 is 4.72 Å². The van der Waals surface area contributed by atoms with Crippen molar-refractivity contribution in [1.29, 1.82) is 0 Å². The molecule has 0 fully saturated rings. The van der Waals surface area contributed by atoms with Gasteiger partial charge in [-0.25, -0.2) is 13.1 Å². The Morgan fingerprint density at radius 1 is 1.29 bits per heavy atom. The molecule has 1 aromatic rings. The monoisotopic (exact) mass is 391 g/mol. The largest absolute Gasteiger partial charge is 0.242 e. The molecule has 0 bridgehead atoms. The standard InChI is InChI=1S/C13H18BrN3O2S2/c1-3-13(4-2,8-14)9-15-21(18,19)11-7-5-6-10-12(11)17-20-16-10/h5-7,15H,3-4,8-9H2,1-2H3. The highest BCUT2D eigenvalue weighted by Crippen LogP contribution is 2.37. The minimum atomic E-state index is -3.59. The second-order valence-electron chi connectivity index (χ2n) is 5.05. The molecule has 0 saturated carbocycles. The third-order valence-electron chi connectivity index (χ3n) is 3.96. The first-order valence-electron chi connectivity index (χ1n) is 6.75. The topological polar surface area (TPSA) is 70.9 Å². The van der Waals surface area contributed by atoms with Gasteiger partial charge in [0.15, 0.2) is 0 Å². The number of sulfonamides is 1. The molecule has 1 aliphatic heterocycles. The van der Waals surface area contributed by atoms with Crippen molar-refractivity contribution in [3.63, 3.8) is 0 Å². The van der Waals surface area contributed by atoms with Gasteiger partial charge in [-0.2, -0.15) is 8.73 Å². The van der Waals surface area contributed by atoms with Crippen LogP contribution in [0.3, 0.4) is 0 Å². The van der Waals surface area contributed by atoms with Crippen LogP contribution in [0.4, 0.5) is 11.4 Å². The van der Waals surface area contributed by atoms with E-state index in [2.05, 4.69) is 43.2 Å². The normalized spacial score (nSPS) is 14.0. The van der Waals surface area contributed by atoms with Crippen molar-refractivity contribution in [1.82, 2.24) is 4.72 Å². The first-order chi connectivity index (χ1) is 9.98. The lowest BCUT2D eigenvalue weighted by Gasteiger charge is -2.29. The van der Waals surface area contributed by atoms with Crippen LogP contribution in [0.5, 0.6) is 0 Å². The van der Waals surface area contributed by atoms with Crippen molar-refractivity contribution >= 4 is 48.7 Å². The van der Waals surface area contributed by atoms with Gasteiger partial charge in [0.2, 0.25) is 10.0 Å². The van der Waals surface area contributed by atoms with Crippen LogP contribution in [-0.4, -0.2) is 20.3 Å². The lowest BCUT2D eigenvalue weighted by Crippen LogP contribution is -2.38. The zero-order valence-electron chi connectivity index (χ0n) is 12.0. The van der Waals surface area contributed by atoms with Crippen LogP contribution >= 0.6 is 15.9 Å². The van der Waals surface area contributed by atoms with Crippen LogP contribution in [0.25, 0.3) is 0 Å². The Labute approximate surface area is 137 Å². The number of fused-ring (bicyclic) bond motifs is 1. The number of benzene rings is 1. The molecule has 116 valence electrons. The van der Waals surface area contributed by atoms with E-state index in [9.17, 15) is 8.42 Å². The number of nitrogens with zero attached hydrogens (tertiary/aromatic N) is 2. The Morgan fingerprint density at radius 2 is 2.00 bits per heavy atom. The second kappa shape index (κ2) is 6.68. The molecule has 0 amide bonds. The van der Waals surface area contributed by atoms with Gasteiger partial charge in [-0.3, -0.25) is 0 Å². The van der Waals surface area contributed by atoms with Gasteiger partial charge in [-0.05, 0) is 30.4 Å². The molecular weight excluding hydrogens is 374 g/mol. The Hall–Kier alpha value is -0.570. The first-order valence-corrected chi connectivity index (χ1v) is 10.1. The lowest BCUT2D eigenvalue weighted by molar-refractivity contribution is 0.309. The van der Waals surface area contributed by atoms with Crippen LogP contribution in [0.2, 0.25) is 0 Å². The van der Waals surface area contributed by atoms with Crippen LogP contribution in [0, 0.1) is 5.41 Å². The van der Waals surface area contributed by atoms with Crippen molar-refractivity contribution in [2.24, 2.45) is 14.1 Å². The fourth-order valence-corrected chi connectivity index (χ4v) is 4.97. The van der Waals surface area contributed by atoms with E-state index in [1.54, 1.807) is 18.2 Å². The molecule has 0 saturated heterocycles. The average molecular weight is 392 g/mol. The van der Waals surface area contributed by atoms with Crippen molar-refractivity contribution < 1.29 is 8.42 Å². The molecule has 2 rings (SSSR count). The summed E-state index contributed by atoms with van der Waals surface area (Å²) in [6.45, 7) is 4.55. The van der Waals surface area contributed by atoms with Gasteiger partial charge in [0.1, 0.15) is 16.3 Å². The number of nitrogens with one attached hydrogen (secondary N) is 1. The van der Waals surface area contributed by atoms with Gasteiger partial charge < -0.3 is 0 Å². The van der Waals surface area contributed by atoms with Crippen LogP contribution in [0.15, 0.2) is 31.8 Å². The predicted octanol–water partition coefficient (Wildman–Crippen LogP) is 3.89. The van der Waals surface area contributed by atoms with E-state index in [4.69, 9.17) is 0 Å². The smallest absolute Gasteiger partial charge is 0.210 e. The first kappa shape index (κ1) is 16.8. The molecule has 21 heavy (non-hydrogen) atoms. The summed E-state index contributed by atoms with van der Waals surface area (Å²) in [5.74, 6) is 0. The number of halogens is 1. The van der Waals surface area contributed by atoms with Crippen molar-refractivity contribution in [3.05, 3.63) is 18.2 Å². The average Bonchev–Trinajstić information content (AvgIpc) is 2.97. The van der Waals surface area contributed by atoms with E-state index in [-0.39, 0.29) is 10.3 Å². The van der Waals surface area contributed by atoms with Crippen molar-refractivity contribution in [2.75, 3.05) is 11.9 Å². The van der Waals surface area contributed by atoms with Crippen molar-refractivity contribution in [3.8, 4) is 0 Å². The fraction of sp³-hybridized carbons (Fsp3) is 0.538. The molecule has 1 aromatic carbocycles. The molecule has 5 nitrogen and oxygen atoms in total. The highest BCUT2D eigenvalue weighted by molar-refractivity contribution is 9.09. The van der Waals surface area contributed by atoms with E-state index >= 15 is 0 Å². The number of alkyl halides is 1. The summed E-state index contributed by atoms with van der Waals surface area (Å²) in [7, 11) is -3.59. The molecular formula is C13H18BrN3O2S2. The molecule has 1 aliphatic rings. The molecule has 0 aromatic heterocycles. The molecule has 8 heteroatoms. The summed E-state index contributed by atoms with van der Waals surface area (Å²) in [6, 6.07) is 5.02. The molecule has 0 aliphatic carbocycles. The van der Waals surface area contributed by atoms with E-state index < -0.39 is 10.0 Å². The zero-order valence-corrected chi connectivity index (χ0v) is 15.2. The summed E-state index contributed by atoms with van der Waals surface area (Å²) in [4.78, 5) is 0.199. The zero-order chi connectivity index (χ0) is 15.5. The summed E-state index contributed by atoms with van der Waals surface area (Å²) >= 11 is 4.52. The minimum Gasteiger partial charge on any atom is -0.210 e. The van der Waals surface area contributed by atoms with Gasteiger partial charge in [0, 0.05) is 11.9 Å². The van der Waals surface area contributed by atoms with Crippen molar-refractivity contribution in [2.45, 2.75) is 31.6 Å². The van der Waals surface area contributed by atoms with Crippen LogP contribution in [-0.2, 0) is 21.4 Å². The van der Waals surface area contributed by atoms with E-state index in [1.807, 2.05) is 0 Å². The van der Waals surface area contributed by atoms with Gasteiger partial charge in [0.05, 0.1) is 11.4 Å². The van der Waals surface area contributed by atoms with E-state index in [1.165, 1.54) is 0 Å². The van der Waals surface area contributed by atoms with Gasteiger partial charge in [-0.15, -0.1) is 0 Å². The lowest BCUT2D eigenvalue weighted by atomic mass is 9.85. The quantitative estimate of drug-likeness (QED) is 0.726. The van der Waals surface area contributed by atoms with Gasteiger partial charge in [-0.1, -0.05) is 35.8 Å². The molecule has 0 radical (unpaired) electrons. The van der Waals surface area contributed by atoms with Gasteiger partial charge >= 0.3 is 0 Å². The molecule has 1 heterocycles. The van der Waals surface area contributed by atoms with Crippen LogP contribution in [0.1, 0.15) is 26.7 Å². The highest BCUT2D eigenvalue weighted by atomic mass is 79.9. The number of hydrogen-bond donors (Lipinski definition) is 1. The fourth-order valence-electron chi connectivity index (χ4n) is 2.06. The number of rotatable bonds is 7. The maximum atomic E-state index is 12.5. The summed E-state index contributed by atoms with van der Waals surface area (Å²) in [5.41, 5.74) is 0.981. The molecule has 0 spiro atoms. The summed E-state index contributed by atoms with van der Waals surface area (Å²) in [6.07, 6.45) is 1.81. The third-order valence-corrected chi connectivity index (χ3v) is 7.12. The summed E-state index contributed by atoms with van der Waals surface area (Å²) < 4.78 is 36.0. The Kier molecular flexibility index (Phi) is 5.34. The van der Waals surface area contributed by atoms with E-state index in [0.717, 1.165) is 29.5 Å². The Bertz CT molecular complexity index is 685. The Morgan fingerprint density at radius 3 is 2.62 bits per heavy atom. The summed E-state index contributed by atoms with van der Waals surface area (Å²) in [5, 5.41) is 0.762. The number of hydrogen-bond acceptors (Lipinski definition) is 4. The SMILES string of the molecule is CCC(CC)(CBr)CNS(=O)(=O)c1cccc2c1N=S=N2. The molecule has 1 N–H and O–H groups in total. The minimum absolute atomic E-state index is 0.0682. The Balaban J connectivity index is 2.25. The van der Waals surface area contributed by atoms with E-state index in [0.29, 0.717) is 17.9 Å².